The number of urea groups is 5. The van der Waals surface area contributed by atoms with Crippen LogP contribution in [0.5, 0.6) is 28.7 Å². The fourth-order valence-electron chi connectivity index (χ4n) is 18.4. The lowest BCUT2D eigenvalue weighted by Crippen LogP contribution is -2.53. The van der Waals surface area contributed by atoms with Crippen molar-refractivity contribution in [2.75, 3.05) is 68.3 Å². The second-order valence-electron chi connectivity index (χ2n) is 33.9. The van der Waals surface area contributed by atoms with Gasteiger partial charge >= 0.3 is 30.2 Å². The van der Waals surface area contributed by atoms with Crippen LogP contribution < -0.4 is 76.9 Å². The summed E-state index contributed by atoms with van der Waals surface area (Å²) >= 11 is 2.69. The molecule has 0 spiro atoms. The Morgan fingerprint density at radius 2 is 0.725 bits per heavy atom. The maximum atomic E-state index is 13.5. The van der Waals surface area contributed by atoms with Gasteiger partial charge in [-0.2, -0.15) is 5.10 Å². The third-order valence-electron chi connectivity index (χ3n) is 25.5. The summed E-state index contributed by atoms with van der Waals surface area (Å²) in [5.74, 6) is -1.46. The number of thiophene rings is 2. The average molecular weight is 1960 g/mol. The Hall–Kier alpha value is -18.3. The van der Waals surface area contributed by atoms with Crippen molar-refractivity contribution in [2.45, 2.75) is 60.4 Å². The highest BCUT2D eigenvalue weighted by Crippen LogP contribution is 2.44. The van der Waals surface area contributed by atoms with Gasteiger partial charge in [0.25, 0.3) is 59.1 Å². The Balaban J connectivity index is 0.000000109. The number of nitrogens with one attached hydrogen (secondary N) is 11. The van der Waals surface area contributed by atoms with Crippen LogP contribution >= 0.6 is 22.7 Å². The molecule has 24 rings (SSSR count). The lowest BCUT2D eigenvalue weighted by atomic mass is 9.94. The van der Waals surface area contributed by atoms with Gasteiger partial charge in [0.2, 0.25) is 5.71 Å². The molecule has 10 aliphatic heterocycles. The predicted octanol–water partition coefficient (Wildman–Crippen LogP) is 6.08. The van der Waals surface area contributed by atoms with Crippen molar-refractivity contribution in [3.63, 3.8) is 0 Å². The Labute approximate surface area is 805 Å². The Morgan fingerprint density at radius 3 is 1.11 bits per heavy atom. The standard InChI is InChI=1S/C20H15FN4O5.C20H16N4O4S.C19H15N5O5.C19H15N5O4S.C16H15N5O4/c1-29-12-3-2-10-8-25(17(26)13(10)5-12)9-20(18(27)23-19(28)24-20)16-6-14-15(30-16)4-11(21)7-22-14;1-28-13-3-2-11-9-24(17(25)14(11)7-13)10-20(18(26)22-19(27)23-20)16-6-12-8-21-5-4-15(12)29-16;2*1-28-12-3-2-10-7-24(16(25)13(10)5-12)8-19(17(26)22-18(27)23-19)14-4-11-6-20-9-21-15(11)29-14;1-25-10-3-2-9-7-21(13(22)11(9)6-10)8-16(12-4-5-17-20-12)14(23)18-15(24)19-16/h2-7H,8-9H2,1H3,(H2,23,24,27,28);2-8H,9-10H2,1H3,(H2,22,23,26,27);2*2-6,9H,7-8H2,1H3,(H2,22,23,26,27);2-6H,7-8H2,1H3,(H,17,20)(H2,18,19,23,24)/t2*20-;2*19-;16-/m00000/s1. The number of carbonyl (C=O) groups is 15. The normalized spacial score (nSPS) is 20.9. The highest BCUT2D eigenvalue weighted by atomic mass is 32.1. The number of H-pyrrole nitrogens is 1. The van der Waals surface area contributed by atoms with Gasteiger partial charge in [0.1, 0.15) is 69.1 Å². The number of benzene rings is 5. The third-order valence-corrected chi connectivity index (χ3v) is 28.0. The van der Waals surface area contributed by atoms with Crippen LogP contribution in [0.1, 0.15) is 107 Å². The van der Waals surface area contributed by atoms with Gasteiger partial charge in [0.05, 0.1) is 85.5 Å². The van der Waals surface area contributed by atoms with Crippen LogP contribution in [0.15, 0.2) is 192 Å². The van der Waals surface area contributed by atoms with E-state index in [-0.39, 0.29) is 91.6 Å². The molecule has 48 heteroatoms. The number of rotatable bonds is 20. The number of nitrogens with zero attached hydrogens (tertiary/aromatic N) is 12. The average Bonchev–Trinajstić information content (AvgIpc) is 1.61. The van der Waals surface area contributed by atoms with Crippen molar-refractivity contribution in [3.8, 4) is 28.7 Å². The van der Waals surface area contributed by atoms with Crippen LogP contribution in [0, 0.1) is 5.82 Å². The smallest absolute Gasteiger partial charge is 0.322 e. The molecule has 0 bridgehead atoms. The monoisotopic (exact) mass is 1960 g/mol. The molecule has 9 aromatic heterocycles. The Morgan fingerprint density at radius 1 is 0.359 bits per heavy atom. The number of carbonyl (C=O) groups excluding carboxylic acids is 15. The predicted molar refractivity (Wildman–Crippen MR) is 492 cm³/mol. The van der Waals surface area contributed by atoms with Crippen LogP contribution in [-0.2, 0) is 84.4 Å². The SMILES string of the molecule is COc1ccc2c(c1)C(=O)N(C[C@@]1(c3cc4cnccc4s3)NC(=O)NC1=O)C2.COc1ccc2c(c1)C(=O)N(C[C@@]1(c3cc4cncnc4o3)NC(=O)NC1=O)C2.COc1ccc2c(c1)C(=O)N(C[C@@]1(c3cc4cncnc4s3)NC(=O)NC1=O)C2.COc1ccc2c(c1)C(=O)N(C[C@@]1(c3cc4ncc(F)cc4o3)NC(=O)NC1=O)C2.COc1ccc2c(c1)C(=O)N(C[C@@]1(c3ccn[nH]3)NC(=O)NC1=O)C2. The molecule has 0 aliphatic carbocycles. The number of hydrogen-bond donors (Lipinski definition) is 11. The van der Waals surface area contributed by atoms with E-state index in [4.69, 9.17) is 32.5 Å². The van der Waals surface area contributed by atoms with Gasteiger partial charge in [-0.15, -0.1) is 22.7 Å². The first-order valence-electron chi connectivity index (χ1n) is 43.2. The number of halogens is 1. The van der Waals surface area contributed by atoms with E-state index < -0.39 is 93.2 Å². The maximum absolute atomic E-state index is 13.5. The first kappa shape index (κ1) is 91.5. The van der Waals surface area contributed by atoms with Gasteiger partial charge in [-0.3, -0.25) is 84.6 Å². The van der Waals surface area contributed by atoms with Gasteiger partial charge in [-0.1, -0.05) is 30.3 Å². The number of aromatic amines is 1. The van der Waals surface area contributed by atoms with E-state index in [1.54, 1.807) is 127 Å². The quantitative estimate of drug-likeness (QED) is 0.0385. The van der Waals surface area contributed by atoms with Crippen LogP contribution in [0.25, 0.3) is 42.5 Å². The molecule has 20 amide bonds. The maximum Gasteiger partial charge on any atom is 0.322 e. The molecule has 0 radical (unpaired) electrons. The topological polar surface area (TPSA) is 571 Å². The van der Waals surface area contributed by atoms with Crippen molar-refractivity contribution in [3.05, 3.63) is 272 Å². The molecule has 5 fully saturated rings. The summed E-state index contributed by atoms with van der Waals surface area (Å²) in [5.41, 5.74) is 0.477. The highest BCUT2D eigenvalue weighted by Gasteiger charge is 2.58. The third kappa shape index (κ3) is 16.1. The number of furan rings is 2. The molecule has 718 valence electrons. The molecule has 19 heterocycles. The van der Waals surface area contributed by atoms with Gasteiger partial charge in [0.15, 0.2) is 33.3 Å². The molecule has 10 aliphatic rings. The van der Waals surface area contributed by atoms with E-state index in [0.29, 0.717) is 114 Å². The fraction of sp³-hybridized carbons (Fsp3) is 0.213. The first-order chi connectivity index (χ1) is 68.4. The molecular weight excluding hydrogens is 1890 g/mol. The second kappa shape index (κ2) is 35.7. The second-order valence-corrected chi connectivity index (χ2v) is 36.0. The minimum absolute atomic E-state index is 0.000647. The van der Waals surface area contributed by atoms with Crippen molar-refractivity contribution in [2.24, 2.45) is 0 Å². The zero-order valence-corrected chi connectivity index (χ0v) is 76.6. The summed E-state index contributed by atoms with van der Waals surface area (Å²) in [6.07, 6.45) is 11.8. The number of ether oxygens (including phenoxy) is 5. The summed E-state index contributed by atoms with van der Waals surface area (Å²) < 4.78 is 51.8. The lowest BCUT2D eigenvalue weighted by molar-refractivity contribution is -0.126. The fourth-order valence-corrected chi connectivity index (χ4v) is 20.7. The summed E-state index contributed by atoms with van der Waals surface area (Å²) in [7, 11) is 7.64. The van der Waals surface area contributed by atoms with Crippen molar-refractivity contribution in [1.82, 2.24) is 118 Å². The summed E-state index contributed by atoms with van der Waals surface area (Å²) in [6.45, 7) is 1.32. The van der Waals surface area contributed by atoms with Gasteiger partial charge < -0.3 is 83.6 Å². The number of imide groups is 5. The number of amides is 20. The zero-order valence-electron chi connectivity index (χ0n) is 74.9. The molecular formula is C94H76FN23O22S2. The molecule has 45 nitrogen and oxygen atoms in total. The minimum Gasteiger partial charge on any atom is -0.497 e. The van der Waals surface area contributed by atoms with Crippen molar-refractivity contribution < 1.29 is 109 Å². The van der Waals surface area contributed by atoms with E-state index in [1.165, 1.54) is 90.7 Å². The van der Waals surface area contributed by atoms with Gasteiger partial charge in [0, 0.05) is 129 Å². The Bertz CT molecular complexity index is 7220. The van der Waals surface area contributed by atoms with Crippen LogP contribution in [-0.4, -0.2) is 222 Å². The van der Waals surface area contributed by atoms with Gasteiger partial charge in [-0.25, -0.2) is 53.3 Å². The minimum atomic E-state index is -1.67. The van der Waals surface area contributed by atoms with Crippen molar-refractivity contribution >= 4 is 154 Å². The largest absolute Gasteiger partial charge is 0.497 e. The molecule has 0 saturated carbocycles. The summed E-state index contributed by atoms with van der Waals surface area (Å²) in [5, 5.41) is 33.4. The molecule has 0 unspecified atom stereocenters. The van der Waals surface area contributed by atoms with E-state index in [2.05, 4.69) is 93.3 Å². The van der Waals surface area contributed by atoms with E-state index in [9.17, 15) is 76.3 Å². The van der Waals surface area contributed by atoms with Crippen LogP contribution in [0.4, 0.5) is 28.4 Å². The van der Waals surface area contributed by atoms with E-state index in [1.807, 2.05) is 36.4 Å². The molecule has 11 N–H and O–H groups in total. The van der Waals surface area contributed by atoms with Crippen LogP contribution in [0.2, 0.25) is 0 Å². The molecule has 5 aromatic carbocycles. The number of methoxy groups -OCH3 is 5. The number of fused-ring (bicyclic) bond motifs is 9. The number of pyridine rings is 2. The Kier molecular flexibility index (Phi) is 23.0. The number of aromatic nitrogens is 8. The summed E-state index contributed by atoms with van der Waals surface area (Å²) in [6, 6.07) is 34.4. The first-order valence-corrected chi connectivity index (χ1v) is 44.8. The number of hydrogen-bond acceptors (Lipinski definition) is 31. The van der Waals surface area contributed by atoms with E-state index >= 15 is 0 Å². The lowest BCUT2D eigenvalue weighted by Gasteiger charge is -2.30. The highest BCUT2D eigenvalue weighted by molar-refractivity contribution is 7.19. The molecule has 142 heavy (non-hydrogen) atoms. The van der Waals surface area contributed by atoms with E-state index in [0.717, 1.165) is 55.6 Å². The zero-order chi connectivity index (χ0) is 99.2. The summed E-state index contributed by atoms with van der Waals surface area (Å²) in [4.78, 5) is 222. The van der Waals surface area contributed by atoms with Crippen LogP contribution in [0.3, 0.4) is 0 Å². The molecule has 5 saturated heterocycles. The molecule has 5 atom stereocenters. The van der Waals surface area contributed by atoms with Gasteiger partial charge in [-0.05, 0) is 119 Å². The molecule has 14 aromatic rings. The van der Waals surface area contributed by atoms with Crippen molar-refractivity contribution in [1.29, 1.82) is 0 Å².